The van der Waals surface area contributed by atoms with Crippen LogP contribution in [0.3, 0.4) is 0 Å². The molecule has 0 unspecified atom stereocenters. The third-order valence-corrected chi connectivity index (χ3v) is 5.72. The number of benzene rings is 1. The number of ether oxygens (including phenoxy) is 2. The van der Waals surface area contributed by atoms with Gasteiger partial charge in [0, 0.05) is 50.7 Å². The number of thioether (sulfide) groups is 1. The second-order valence-corrected chi connectivity index (χ2v) is 8.52. The molecule has 168 valence electrons. The Labute approximate surface area is 188 Å². The van der Waals surface area contributed by atoms with Crippen LogP contribution in [0, 0.1) is 0 Å². The van der Waals surface area contributed by atoms with Gasteiger partial charge in [0.2, 0.25) is 0 Å². The minimum atomic E-state index is -0.0493. The van der Waals surface area contributed by atoms with Crippen LogP contribution in [-0.4, -0.2) is 81.4 Å². The first-order valence-electron chi connectivity index (χ1n) is 10.4. The number of methoxy groups -OCH3 is 1. The first kappa shape index (κ1) is 23.5. The number of amides is 1. The number of rotatable bonds is 10. The first-order chi connectivity index (χ1) is 15.0. The van der Waals surface area contributed by atoms with E-state index in [0.717, 1.165) is 47.6 Å². The number of likely N-dealkylation sites (N-methyl/N-ethyl adjacent to an activating group) is 1. The normalized spacial score (nSPS) is 14.1. The topological polar surface area (TPSA) is 79.8 Å². The molecule has 1 aromatic carbocycles. The number of hydrogen-bond acceptors (Lipinski definition) is 8. The van der Waals surface area contributed by atoms with Crippen molar-refractivity contribution in [2.75, 3.05) is 65.5 Å². The lowest BCUT2D eigenvalue weighted by Gasteiger charge is -2.28. The average molecular weight is 446 g/mol. The lowest BCUT2D eigenvalue weighted by molar-refractivity contribution is 0.0951. The largest absolute Gasteiger partial charge is 0.378 e. The summed E-state index contributed by atoms with van der Waals surface area (Å²) < 4.78 is 10.7. The van der Waals surface area contributed by atoms with Crippen molar-refractivity contribution in [1.29, 1.82) is 0 Å². The minimum absolute atomic E-state index is 0.0493. The highest BCUT2D eigenvalue weighted by Crippen LogP contribution is 2.24. The molecule has 1 aliphatic rings. The van der Waals surface area contributed by atoms with Crippen LogP contribution in [0.4, 0.5) is 5.82 Å². The van der Waals surface area contributed by atoms with Crippen LogP contribution in [0.5, 0.6) is 0 Å². The number of aromatic nitrogens is 2. The van der Waals surface area contributed by atoms with Crippen LogP contribution in [0.2, 0.25) is 0 Å². The smallest absolute Gasteiger partial charge is 0.251 e. The second-order valence-electron chi connectivity index (χ2n) is 7.58. The highest BCUT2D eigenvalue weighted by Gasteiger charge is 2.15. The summed E-state index contributed by atoms with van der Waals surface area (Å²) in [5.74, 6) is 1.59. The van der Waals surface area contributed by atoms with Crippen LogP contribution in [0.15, 0.2) is 35.5 Å². The van der Waals surface area contributed by atoms with Crippen molar-refractivity contribution in [3.8, 4) is 0 Å². The van der Waals surface area contributed by atoms with Gasteiger partial charge < -0.3 is 24.6 Å². The lowest BCUT2D eigenvalue weighted by Crippen LogP contribution is -2.37. The maximum Gasteiger partial charge on any atom is 0.251 e. The Morgan fingerprint density at radius 1 is 1.23 bits per heavy atom. The third-order valence-electron chi connectivity index (χ3n) is 4.80. The molecule has 0 atom stereocenters. The van der Waals surface area contributed by atoms with Crippen LogP contribution in [-0.2, 0) is 21.8 Å². The highest BCUT2D eigenvalue weighted by atomic mass is 32.2. The quantitative estimate of drug-likeness (QED) is 0.440. The van der Waals surface area contributed by atoms with Crippen molar-refractivity contribution in [2.45, 2.75) is 17.5 Å². The predicted molar refractivity (Wildman–Crippen MR) is 123 cm³/mol. The van der Waals surface area contributed by atoms with E-state index in [0.29, 0.717) is 31.9 Å². The fourth-order valence-electron chi connectivity index (χ4n) is 3.10. The van der Waals surface area contributed by atoms with Crippen molar-refractivity contribution < 1.29 is 14.3 Å². The Kier molecular flexibility index (Phi) is 9.08. The third kappa shape index (κ3) is 7.46. The fourth-order valence-corrected chi connectivity index (χ4v) is 3.92. The van der Waals surface area contributed by atoms with Crippen molar-refractivity contribution >= 4 is 23.5 Å². The van der Waals surface area contributed by atoms with E-state index >= 15 is 0 Å². The summed E-state index contributed by atoms with van der Waals surface area (Å²) in [7, 11) is 5.63. The summed E-state index contributed by atoms with van der Waals surface area (Å²) >= 11 is 1.58. The molecule has 1 fully saturated rings. The van der Waals surface area contributed by atoms with Gasteiger partial charge in [0.15, 0.2) is 5.16 Å². The van der Waals surface area contributed by atoms with E-state index in [1.807, 2.05) is 49.3 Å². The van der Waals surface area contributed by atoms with Crippen LogP contribution in [0.1, 0.15) is 21.6 Å². The zero-order chi connectivity index (χ0) is 22.1. The molecule has 0 aliphatic carbocycles. The van der Waals surface area contributed by atoms with E-state index in [9.17, 15) is 4.79 Å². The van der Waals surface area contributed by atoms with E-state index in [2.05, 4.69) is 15.2 Å². The molecule has 31 heavy (non-hydrogen) atoms. The molecule has 1 saturated heterocycles. The molecular weight excluding hydrogens is 414 g/mol. The molecule has 0 radical (unpaired) electrons. The molecular formula is C22H31N5O3S. The maximum atomic E-state index is 12.2. The Morgan fingerprint density at radius 3 is 2.65 bits per heavy atom. The average Bonchev–Trinajstić information content (AvgIpc) is 2.78. The fraction of sp³-hybridized carbons (Fsp3) is 0.500. The Morgan fingerprint density at radius 2 is 1.97 bits per heavy atom. The van der Waals surface area contributed by atoms with Crippen LogP contribution in [0.25, 0.3) is 0 Å². The summed E-state index contributed by atoms with van der Waals surface area (Å²) in [5, 5.41) is 3.66. The predicted octanol–water partition coefficient (Wildman–Crippen LogP) is 2.04. The van der Waals surface area contributed by atoms with E-state index in [1.54, 1.807) is 18.9 Å². The van der Waals surface area contributed by atoms with Gasteiger partial charge in [0.1, 0.15) is 5.82 Å². The van der Waals surface area contributed by atoms with Gasteiger partial charge in [0.25, 0.3) is 5.91 Å². The SMILES string of the molecule is COCc1cc(N2CCOCC2)nc(SCc2ccc(C(=O)NCCN(C)C)cc2)n1. The van der Waals surface area contributed by atoms with E-state index in [1.165, 1.54) is 0 Å². The van der Waals surface area contributed by atoms with Gasteiger partial charge in [-0.05, 0) is 31.8 Å². The van der Waals surface area contributed by atoms with E-state index < -0.39 is 0 Å². The highest BCUT2D eigenvalue weighted by molar-refractivity contribution is 7.98. The number of nitrogens with one attached hydrogen (secondary N) is 1. The van der Waals surface area contributed by atoms with Gasteiger partial charge in [-0.3, -0.25) is 4.79 Å². The van der Waals surface area contributed by atoms with Gasteiger partial charge in [-0.1, -0.05) is 23.9 Å². The molecule has 2 heterocycles. The van der Waals surface area contributed by atoms with E-state index in [4.69, 9.17) is 14.5 Å². The molecule has 1 aromatic heterocycles. The number of carbonyl (C=O) groups is 1. The second kappa shape index (κ2) is 12.0. The minimum Gasteiger partial charge on any atom is -0.378 e. The monoisotopic (exact) mass is 445 g/mol. The number of carbonyl (C=O) groups excluding carboxylic acids is 1. The van der Waals surface area contributed by atoms with Crippen LogP contribution < -0.4 is 10.2 Å². The van der Waals surface area contributed by atoms with Crippen molar-refractivity contribution in [3.05, 3.63) is 47.2 Å². The van der Waals surface area contributed by atoms with E-state index in [-0.39, 0.29) is 5.91 Å². The zero-order valence-corrected chi connectivity index (χ0v) is 19.3. The molecule has 0 bridgehead atoms. The lowest BCUT2D eigenvalue weighted by atomic mass is 10.1. The summed E-state index contributed by atoms with van der Waals surface area (Å²) in [5.41, 5.74) is 2.65. The number of nitrogens with zero attached hydrogens (tertiary/aromatic N) is 4. The molecule has 1 N–H and O–H groups in total. The van der Waals surface area contributed by atoms with Crippen molar-refractivity contribution in [1.82, 2.24) is 20.2 Å². The molecule has 2 aromatic rings. The number of morpholine rings is 1. The van der Waals surface area contributed by atoms with Gasteiger partial charge in [0.05, 0.1) is 25.5 Å². The molecule has 0 saturated carbocycles. The van der Waals surface area contributed by atoms with Gasteiger partial charge in [-0.25, -0.2) is 9.97 Å². The van der Waals surface area contributed by atoms with Gasteiger partial charge in [-0.15, -0.1) is 0 Å². The number of hydrogen-bond donors (Lipinski definition) is 1. The molecule has 3 rings (SSSR count). The molecule has 8 nitrogen and oxygen atoms in total. The van der Waals surface area contributed by atoms with Gasteiger partial charge >= 0.3 is 0 Å². The molecule has 1 amide bonds. The summed E-state index contributed by atoms with van der Waals surface area (Å²) in [4.78, 5) is 25.9. The first-order valence-corrected chi connectivity index (χ1v) is 11.4. The van der Waals surface area contributed by atoms with Crippen molar-refractivity contribution in [2.24, 2.45) is 0 Å². The Bertz CT molecular complexity index is 842. The maximum absolute atomic E-state index is 12.2. The zero-order valence-electron chi connectivity index (χ0n) is 18.5. The summed E-state index contributed by atoms with van der Waals surface area (Å²) in [6, 6.07) is 9.68. The van der Waals surface area contributed by atoms with Crippen molar-refractivity contribution in [3.63, 3.8) is 0 Å². The van der Waals surface area contributed by atoms with Crippen LogP contribution >= 0.6 is 11.8 Å². The van der Waals surface area contributed by atoms with Gasteiger partial charge in [-0.2, -0.15) is 0 Å². The summed E-state index contributed by atoms with van der Waals surface area (Å²) in [6.45, 7) is 4.96. The number of anilines is 1. The molecule has 1 aliphatic heterocycles. The molecule has 9 heteroatoms. The Hall–Kier alpha value is -2.20. The standard InChI is InChI=1S/C22H31N5O3S/c1-26(2)9-8-23-21(28)18-6-4-17(5-7-18)16-31-22-24-19(15-29-3)14-20(25-22)27-10-12-30-13-11-27/h4-7,14H,8-13,15-16H2,1-3H3,(H,23,28). The summed E-state index contributed by atoms with van der Waals surface area (Å²) in [6.07, 6.45) is 0. The molecule has 0 spiro atoms. The Balaban J connectivity index is 1.60.